The van der Waals surface area contributed by atoms with Gasteiger partial charge in [0.25, 0.3) is 5.91 Å². The smallest absolute Gasteiger partial charge is 0.270 e. The van der Waals surface area contributed by atoms with E-state index in [1.165, 1.54) is 0 Å². The Morgan fingerprint density at radius 1 is 1.33 bits per heavy atom. The minimum atomic E-state index is -0.219. The van der Waals surface area contributed by atoms with E-state index in [0.29, 0.717) is 18.1 Å². The average Bonchev–Trinajstić information content (AvgIpc) is 2.11. The SMILES string of the molecule is CCN/C(C(=O)NC)=C(\N)NC. The van der Waals surface area contributed by atoms with E-state index in [4.69, 9.17) is 5.73 Å². The lowest BCUT2D eigenvalue weighted by atomic mass is 10.4. The van der Waals surface area contributed by atoms with Crippen LogP contribution in [0.5, 0.6) is 0 Å². The van der Waals surface area contributed by atoms with Crippen molar-refractivity contribution in [2.45, 2.75) is 6.92 Å². The van der Waals surface area contributed by atoms with Gasteiger partial charge in [-0.15, -0.1) is 0 Å². The summed E-state index contributed by atoms with van der Waals surface area (Å²) in [5.41, 5.74) is 5.90. The third kappa shape index (κ3) is 2.69. The van der Waals surface area contributed by atoms with Crippen molar-refractivity contribution in [1.82, 2.24) is 16.0 Å². The zero-order valence-electron chi connectivity index (χ0n) is 7.69. The van der Waals surface area contributed by atoms with Crippen LogP contribution in [-0.2, 0) is 4.79 Å². The maximum absolute atomic E-state index is 11.2. The van der Waals surface area contributed by atoms with E-state index in [9.17, 15) is 4.79 Å². The lowest BCUT2D eigenvalue weighted by molar-refractivity contribution is -0.117. The highest BCUT2D eigenvalue weighted by Gasteiger charge is 2.09. The second-order valence-electron chi connectivity index (χ2n) is 2.15. The van der Waals surface area contributed by atoms with E-state index in [-0.39, 0.29) is 5.91 Å². The fourth-order valence-electron chi connectivity index (χ4n) is 0.725. The first-order valence-electron chi connectivity index (χ1n) is 3.80. The number of likely N-dealkylation sites (N-methyl/N-ethyl adjacent to an activating group) is 2. The molecule has 70 valence electrons. The number of carbonyl (C=O) groups is 1. The number of rotatable bonds is 4. The first kappa shape index (κ1) is 10.6. The fraction of sp³-hybridized carbons (Fsp3) is 0.571. The molecular formula is C7H16N4O. The molecule has 12 heavy (non-hydrogen) atoms. The van der Waals surface area contributed by atoms with E-state index in [0.717, 1.165) is 0 Å². The molecule has 0 atom stereocenters. The van der Waals surface area contributed by atoms with E-state index >= 15 is 0 Å². The topological polar surface area (TPSA) is 79.2 Å². The third-order valence-corrected chi connectivity index (χ3v) is 1.35. The van der Waals surface area contributed by atoms with Crippen LogP contribution in [0.15, 0.2) is 11.5 Å². The van der Waals surface area contributed by atoms with Gasteiger partial charge in [0.15, 0.2) is 0 Å². The summed E-state index contributed by atoms with van der Waals surface area (Å²) in [7, 11) is 3.22. The van der Waals surface area contributed by atoms with Gasteiger partial charge in [-0.2, -0.15) is 0 Å². The van der Waals surface area contributed by atoms with Crippen LogP contribution < -0.4 is 21.7 Å². The standard InChI is InChI=1S/C7H16N4O/c1-4-11-5(6(8)9-2)7(12)10-3/h9,11H,4,8H2,1-3H3,(H,10,12)/b6-5+. The van der Waals surface area contributed by atoms with Gasteiger partial charge in [0.2, 0.25) is 0 Å². The lowest BCUT2D eigenvalue weighted by Crippen LogP contribution is -2.35. The van der Waals surface area contributed by atoms with Crippen molar-refractivity contribution < 1.29 is 4.79 Å². The Labute approximate surface area is 72.4 Å². The van der Waals surface area contributed by atoms with Crippen LogP contribution in [0.2, 0.25) is 0 Å². The van der Waals surface area contributed by atoms with Crippen LogP contribution in [0.25, 0.3) is 0 Å². The summed E-state index contributed by atoms with van der Waals surface area (Å²) in [6, 6.07) is 0. The fourth-order valence-corrected chi connectivity index (χ4v) is 0.725. The van der Waals surface area contributed by atoms with E-state index < -0.39 is 0 Å². The Bertz CT molecular complexity index is 188. The number of hydrogen-bond donors (Lipinski definition) is 4. The lowest BCUT2D eigenvalue weighted by Gasteiger charge is -2.10. The number of amides is 1. The Morgan fingerprint density at radius 2 is 1.92 bits per heavy atom. The summed E-state index contributed by atoms with van der Waals surface area (Å²) in [6.07, 6.45) is 0. The summed E-state index contributed by atoms with van der Waals surface area (Å²) in [5.74, 6) is 0.125. The molecule has 0 aromatic rings. The molecule has 5 N–H and O–H groups in total. The zero-order chi connectivity index (χ0) is 9.56. The summed E-state index contributed by atoms with van der Waals surface area (Å²) in [4.78, 5) is 11.2. The average molecular weight is 172 g/mol. The van der Waals surface area contributed by atoms with Crippen molar-refractivity contribution in [3.05, 3.63) is 11.5 Å². The highest BCUT2D eigenvalue weighted by atomic mass is 16.2. The van der Waals surface area contributed by atoms with Crippen LogP contribution in [0.1, 0.15) is 6.92 Å². The molecule has 0 radical (unpaired) electrons. The van der Waals surface area contributed by atoms with Crippen molar-refractivity contribution in [2.75, 3.05) is 20.6 Å². The predicted octanol–water partition coefficient (Wildman–Crippen LogP) is -1.31. The van der Waals surface area contributed by atoms with Gasteiger partial charge in [-0.3, -0.25) is 4.79 Å². The highest BCUT2D eigenvalue weighted by molar-refractivity contribution is 5.93. The molecule has 0 saturated heterocycles. The van der Waals surface area contributed by atoms with E-state index in [1.807, 2.05) is 6.92 Å². The summed E-state index contributed by atoms with van der Waals surface area (Å²) < 4.78 is 0. The van der Waals surface area contributed by atoms with Crippen molar-refractivity contribution in [2.24, 2.45) is 5.73 Å². The molecule has 0 unspecified atom stereocenters. The van der Waals surface area contributed by atoms with Gasteiger partial charge in [-0.05, 0) is 6.92 Å². The van der Waals surface area contributed by atoms with Crippen molar-refractivity contribution in [3.63, 3.8) is 0 Å². The summed E-state index contributed by atoms with van der Waals surface area (Å²) >= 11 is 0. The Hall–Kier alpha value is -1.39. The summed E-state index contributed by atoms with van der Waals surface area (Å²) in [6.45, 7) is 2.55. The van der Waals surface area contributed by atoms with Crippen LogP contribution in [0.3, 0.4) is 0 Å². The molecule has 5 heteroatoms. The van der Waals surface area contributed by atoms with Gasteiger partial charge >= 0.3 is 0 Å². The Kier molecular flexibility index (Phi) is 4.67. The minimum absolute atomic E-state index is 0.219. The minimum Gasteiger partial charge on any atom is -0.384 e. The predicted molar refractivity (Wildman–Crippen MR) is 48.0 cm³/mol. The molecule has 0 heterocycles. The first-order valence-corrected chi connectivity index (χ1v) is 3.80. The van der Waals surface area contributed by atoms with Crippen LogP contribution in [-0.4, -0.2) is 26.5 Å². The number of hydrogen-bond acceptors (Lipinski definition) is 4. The molecule has 5 nitrogen and oxygen atoms in total. The van der Waals surface area contributed by atoms with Gasteiger partial charge in [0, 0.05) is 20.6 Å². The zero-order valence-corrected chi connectivity index (χ0v) is 7.69. The van der Waals surface area contributed by atoms with E-state index in [1.54, 1.807) is 14.1 Å². The first-order chi connectivity index (χ1) is 5.67. The van der Waals surface area contributed by atoms with E-state index in [2.05, 4.69) is 16.0 Å². The maximum atomic E-state index is 11.2. The van der Waals surface area contributed by atoms with Crippen molar-refractivity contribution in [1.29, 1.82) is 0 Å². The third-order valence-electron chi connectivity index (χ3n) is 1.35. The van der Waals surface area contributed by atoms with Crippen LogP contribution >= 0.6 is 0 Å². The van der Waals surface area contributed by atoms with Crippen molar-refractivity contribution >= 4 is 5.91 Å². The van der Waals surface area contributed by atoms with Crippen LogP contribution in [0.4, 0.5) is 0 Å². The van der Waals surface area contributed by atoms with Gasteiger partial charge < -0.3 is 21.7 Å². The number of carbonyl (C=O) groups excluding carboxylic acids is 1. The quantitative estimate of drug-likeness (QED) is 0.397. The maximum Gasteiger partial charge on any atom is 0.270 e. The van der Waals surface area contributed by atoms with Gasteiger partial charge in [0.05, 0.1) is 0 Å². The van der Waals surface area contributed by atoms with Gasteiger partial charge in [-0.1, -0.05) is 0 Å². The largest absolute Gasteiger partial charge is 0.384 e. The van der Waals surface area contributed by atoms with Crippen LogP contribution in [0, 0.1) is 0 Å². The van der Waals surface area contributed by atoms with Crippen molar-refractivity contribution in [3.8, 4) is 0 Å². The molecule has 0 aliphatic carbocycles. The number of nitrogens with two attached hydrogens (primary N) is 1. The van der Waals surface area contributed by atoms with Gasteiger partial charge in [0.1, 0.15) is 11.5 Å². The molecule has 0 rings (SSSR count). The molecule has 0 aliphatic rings. The highest BCUT2D eigenvalue weighted by Crippen LogP contribution is 1.90. The molecular weight excluding hydrogens is 156 g/mol. The monoisotopic (exact) mass is 172 g/mol. The molecule has 0 aliphatic heterocycles. The molecule has 0 spiro atoms. The summed E-state index contributed by atoms with van der Waals surface area (Å²) in [5, 5.41) is 8.05. The Morgan fingerprint density at radius 3 is 2.25 bits per heavy atom. The molecule has 0 fully saturated rings. The second-order valence-corrected chi connectivity index (χ2v) is 2.15. The molecule has 0 aromatic carbocycles. The number of nitrogens with one attached hydrogen (secondary N) is 3. The normalized spacial score (nSPS) is 11.6. The van der Waals surface area contributed by atoms with Gasteiger partial charge in [-0.25, -0.2) is 0 Å². The molecule has 0 bridgehead atoms. The Balaban J connectivity index is 4.52. The second kappa shape index (κ2) is 5.29. The molecule has 0 aromatic heterocycles. The molecule has 0 saturated carbocycles. The molecule has 1 amide bonds.